The van der Waals surface area contributed by atoms with Gasteiger partial charge in [0.2, 0.25) is 0 Å². The first kappa shape index (κ1) is 9.67. The first-order valence-electron chi connectivity index (χ1n) is 3.90. The third kappa shape index (κ3) is 1.44. The van der Waals surface area contributed by atoms with Crippen molar-refractivity contribution in [3.05, 3.63) is 15.3 Å². The molecule has 2 aromatic rings. The van der Waals surface area contributed by atoms with Crippen LogP contribution in [0.4, 0.5) is 0 Å². The second-order valence-electron chi connectivity index (χ2n) is 2.83. The lowest BCUT2D eigenvalue weighted by Crippen LogP contribution is -1.93. The van der Waals surface area contributed by atoms with Crippen molar-refractivity contribution in [2.24, 2.45) is 0 Å². The lowest BCUT2D eigenvalue weighted by molar-refractivity contribution is 0.102. The van der Waals surface area contributed by atoms with E-state index in [9.17, 15) is 4.79 Å². The lowest BCUT2D eigenvalue weighted by atomic mass is 10.3. The van der Waals surface area contributed by atoms with Crippen molar-refractivity contribution in [3.63, 3.8) is 0 Å². The van der Waals surface area contributed by atoms with Gasteiger partial charge in [-0.15, -0.1) is 0 Å². The van der Waals surface area contributed by atoms with Gasteiger partial charge >= 0.3 is 0 Å². The zero-order valence-corrected chi connectivity index (χ0v) is 9.94. The molecule has 0 unspecified atom stereocenters. The van der Waals surface area contributed by atoms with E-state index < -0.39 is 0 Å². The molecule has 0 bridgehead atoms. The van der Waals surface area contributed by atoms with E-state index in [2.05, 4.69) is 30.3 Å². The van der Waals surface area contributed by atoms with Crippen LogP contribution in [0.15, 0.2) is 4.60 Å². The molecule has 0 fully saturated rings. The molecule has 0 N–H and O–H groups in total. The zero-order valence-electron chi connectivity index (χ0n) is 7.54. The van der Waals surface area contributed by atoms with Crippen LogP contribution in [0.5, 0.6) is 0 Å². The molecule has 72 valence electrons. The highest BCUT2D eigenvalue weighted by Crippen LogP contribution is 2.25. The van der Waals surface area contributed by atoms with Gasteiger partial charge in [-0.1, -0.05) is 0 Å². The van der Waals surface area contributed by atoms with E-state index in [1.54, 1.807) is 6.92 Å². The van der Waals surface area contributed by atoms with E-state index >= 15 is 0 Å². The molecule has 0 aromatic carbocycles. The Labute approximate surface area is 92.7 Å². The van der Waals surface area contributed by atoms with Gasteiger partial charge in [0.25, 0.3) is 0 Å². The molecule has 2 aromatic heterocycles. The number of aromatic nitrogens is 3. The van der Waals surface area contributed by atoms with Crippen LogP contribution < -0.4 is 0 Å². The Morgan fingerprint density at radius 1 is 1.36 bits per heavy atom. The molecule has 4 nitrogen and oxygen atoms in total. The number of Topliss-reactive ketones (excluding diaryl/α,β-unsaturated/α-hetero) is 1. The molecule has 0 saturated carbocycles. The Morgan fingerprint density at radius 3 is 2.71 bits per heavy atom. The lowest BCUT2D eigenvalue weighted by Gasteiger charge is -1.95. The summed E-state index contributed by atoms with van der Waals surface area (Å²) in [4.78, 5) is 20.1. The maximum Gasteiger partial charge on any atom is 0.173 e. The van der Waals surface area contributed by atoms with Gasteiger partial charge in [-0.25, -0.2) is 9.97 Å². The standard InChI is InChI=1S/C8H6BrN3OS/c1-3(13)7-5-6(12-14-7)8(9)11-4(2)10-5/h1-2H3. The number of hydrogen-bond donors (Lipinski definition) is 0. The van der Waals surface area contributed by atoms with Gasteiger partial charge in [0.05, 0.1) is 0 Å². The highest BCUT2D eigenvalue weighted by molar-refractivity contribution is 9.10. The van der Waals surface area contributed by atoms with Crippen molar-refractivity contribution in [1.82, 2.24) is 14.3 Å². The summed E-state index contributed by atoms with van der Waals surface area (Å²) in [5.41, 5.74) is 1.30. The van der Waals surface area contributed by atoms with E-state index in [0.717, 1.165) is 11.5 Å². The predicted octanol–water partition coefficient (Wildman–Crippen LogP) is 2.36. The number of nitrogens with zero attached hydrogens (tertiary/aromatic N) is 3. The molecule has 0 radical (unpaired) electrons. The van der Waals surface area contributed by atoms with Crippen LogP contribution in [0.3, 0.4) is 0 Å². The van der Waals surface area contributed by atoms with Crippen LogP contribution in [-0.4, -0.2) is 20.1 Å². The summed E-state index contributed by atoms with van der Waals surface area (Å²) in [6, 6.07) is 0. The van der Waals surface area contributed by atoms with E-state index in [1.807, 2.05) is 0 Å². The fraction of sp³-hybridized carbons (Fsp3) is 0.250. The van der Waals surface area contributed by atoms with Gasteiger partial charge < -0.3 is 0 Å². The summed E-state index contributed by atoms with van der Waals surface area (Å²) in [5.74, 6) is 0.620. The number of carbonyl (C=O) groups excluding carboxylic acids is 1. The van der Waals surface area contributed by atoms with Crippen LogP contribution in [0, 0.1) is 6.92 Å². The number of fused-ring (bicyclic) bond motifs is 1. The first-order chi connectivity index (χ1) is 6.59. The van der Waals surface area contributed by atoms with Crippen molar-refractivity contribution < 1.29 is 4.79 Å². The van der Waals surface area contributed by atoms with Crippen LogP contribution in [-0.2, 0) is 0 Å². The summed E-state index contributed by atoms with van der Waals surface area (Å²) < 4.78 is 4.77. The minimum absolute atomic E-state index is 0.0116. The molecule has 0 spiro atoms. The molecule has 0 amide bonds. The molecule has 0 aliphatic rings. The van der Waals surface area contributed by atoms with Crippen molar-refractivity contribution in [1.29, 1.82) is 0 Å². The van der Waals surface area contributed by atoms with Crippen LogP contribution >= 0.6 is 27.5 Å². The molecular weight excluding hydrogens is 266 g/mol. The van der Waals surface area contributed by atoms with Crippen LogP contribution in [0.2, 0.25) is 0 Å². The third-order valence-corrected chi connectivity index (χ3v) is 3.21. The van der Waals surface area contributed by atoms with E-state index in [4.69, 9.17) is 0 Å². The average Bonchev–Trinajstić information content (AvgIpc) is 2.47. The third-order valence-electron chi connectivity index (χ3n) is 1.72. The Morgan fingerprint density at radius 2 is 2.07 bits per heavy atom. The highest BCUT2D eigenvalue weighted by Gasteiger charge is 2.14. The molecule has 14 heavy (non-hydrogen) atoms. The monoisotopic (exact) mass is 271 g/mol. The fourth-order valence-corrected chi connectivity index (χ4v) is 2.50. The van der Waals surface area contributed by atoms with E-state index in [0.29, 0.717) is 26.3 Å². The minimum atomic E-state index is -0.0116. The Hall–Kier alpha value is -0.880. The predicted molar refractivity (Wildman–Crippen MR) is 57.7 cm³/mol. The Kier molecular flexibility index (Phi) is 2.32. The number of ketones is 1. The number of hydrogen-bond acceptors (Lipinski definition) is 5. The topological polar surface area (TPSA) is 55.7 Å². The molecule has 0 aliphatic heterocycles. The molecule has 6 heteroatoms. The molecule has 0 saturated heterocycles. The normalized spacial score (nSPS) is 10.8. The molecule has 0 aliphatic carbocycles. The maximum atomic E-state index is 11.2. The SMILES string of the molecule is CC(=O)c1snc2c(Br)nc(C)nc12. The second-order valence-corrected chi connectivity index (χ2v) is 4.35. The molecule has 2 heterocycles. The number of halogens is 1. The quantitative estimate of drug-likeness (QED) is 0.590. The summed E-state index contributed by atoms with van der Waals surface area (Å²) in [6.45, 7) is 3.30. The summed E-state index contributed by atoms with van der Waals surface area (Å²) in [5, 5.41) is 0. The summed E-state index contributed by atoms with van der Waals surface area (Å²) >= 11 is 4.45. The average molecular weight is 272 g/mol. The summed E-state index contributed by atoms with van der Waals surface area (Å²) in [6.07, 6.45) is 0. The van der Waals surface area contributed by atoms with Crippen LogP contribution in [0.25, 0.3) is 11.0 Å². The van der Waals surface area contributed by atoms with E-state index in [1.165, 1.54) is 6.92 Å². The smallest absolute Gasteiger partial charge is 0.173 e. The minimum Gasteiger partial charge on any atom is -0.293 e. The van der Waals surface area contributed by atoms with Crippen molar-refractivity contribution in [2.45, 2.75) is 13.8 Å². The fourth-order valence-electron chi connectivity index (χ4n) is 1.14. The van der Waals surface area contributed by atoms with Crippen molar-refractivity contribution in [3.8, 4) is 0 Å². The molecule has 0 atom stereocenters. The highest BCUT2D eigenvalue weighted by atomic mass is 79.9. The number of aryl methyl sites for hydroxylation is 1. The van der Waals surface area contributed by atoms with Gasteiger partial charge in [-0.05, 0) is 34.4 Å². The van der Waals surface area contributed by atoms with Crippen molar-refractivity contribution >= 4 is 44.3 Å². The van der Waals surface area contributed by atoms with Gasteiger partial charge in [0, 0.05) is 6.92 Å². The van der Waals surface area contributed by atoms with E-state index in [-0.39, 0.29) is 5.78 Å². The second kappa shape index (κ2) is 3.36. The van der Waals surface area contributed by atoms with Gasteiger partial charge in [0.15, 0.2) is 5.78 Å². The molecule has 2 rings (SSSR count). The Balaban J connectivity index is 2.85. The largest absolute Gasteiger partial charge is 0.293 e. The number of carbonyl (C=O) groups is 1. The zero-order chi connectivity index (χ0) is 10.3. The van der Waals surface area contributed by atoms with Gasteiger partial charge in [-0.2, -0.15) is 4.37 Å². The number of rotatable bonds is 1. The van der Waals surface area contributed by atoms with Crippen molar-refractivity contribution in [2.75, 3.05) is 0 Å². The molecular formula is C8H6BrN3OS. The first-order valence-corrected chi connectivity index (χ1v) is 5.46. The Bertz CT molecular complexity index is 523. The maximum absolute atomic E-state index is 11.2. The van der Waals surface area contributed by atoms with Gasteiger partial charge in [-0.3, -0.25) is 4.79 Å². The summed E-state index contributed by atoms with van der Waals surface area (Å²) in [7, 11) is 0. The van der Waals surface area contributed by atoms with Crippen LogP contribution in [0.1, 0.15) is 22.4 Å². The van der Waals surface area contributed by atoms with Gasteiger partial charge in [0.1, 0.15) is 26.3 Å².